The normalized spacial score (nSPS) is 9.96. The van der Waals surface area contributed by atoms with Crippen molar-refractivity contribution >= 4 is 17.5 Å². The second-order valence-electron chi connectivity index (χ2n) is 5.37. The van der Waals surface area contributed by atoms with Crippen LogP contribution in [0.25, 0.3) is 0 Å². The summed E-state index contributed by atoms with van der Waals surface area (Å²) >= 11 is 5.98. The van der Waals surface area contributed by atoms with E-state index in [2.05, 4.69) is 5.32 Å². The Bertz CT molecular complexity index is 772. The van der Waals surface area contributed by atoms with Crippen molar-refractivity contribution in [3.05, 3.63) is 58.6 Å². The number of amides is 1. The van der Waals surface area contributed by atoms with Crippen LogP contribution in [0, 0.1) is 18.3 Å². The first-order valence-corrected chi connectivity index (χ1v) is 8.20. The molecule has 0 spiro atoms. The molecule has 0 radical (unpaired) electrons. The average Bonchev–Trinajstić information content (AvgIpc) is 2.61. The summed E-state index contributed by atoms with van der Waals surface area (Å²) in [4.78, 5) is 11.3. The van der Waals surface area contributed by atoms with Gasteiger partial charge in [0.1, 0.15) is 31.1 Å². The van der Waals surface area contributed by atoms with E-state index in [1.54, 1.807) is 6.07 Å². The van der Waals surface area contributed by atoms with Gasteiger partial charge in [0.25, 0.3) is 0 Å². The van der Waals surface area contributed by atoms with Gasteiger partial charge < -0.3 is 14.8 Å². The number of hydrogen-bond donors (Lipinski definition) is 1. The Labute approximate surface area is 152 Å². The van der Waals surface area contributed by atoms with Gasteiger partial charge in [0, 0.05) is 11.6 Å². The van der Waals surface area contributed by atoms with E-state index in [1.165, 1.54) is 0 Å². The van der Waals surface area contributed by atoms with Gasteiger partial charge in [-0.15, -0.1) is 0 Å². The summed E-state index contributed by atoms with van der Waals surface area (Å²) in [7, 11) is 0. The molecule has 0 heterocycles. The summed E-state index contributed by atoms with van der Waals surface area (Å²) in [5.74, 6) is 1.16. The highest BCUT2D eigenvalue weighted by atomic mass is 35.5. The summed E-state index contributed by atoms with van der Waals surface area (Å²) < 4.78 is 11.3. The number of carbonyl (C=O) groups is 1. The van der Waals surface area contributed by atoms with Gasteiger partial charge in [-0.05, 0) is 48.4 Å². The van der Waals surface area contributed by atoms with E-state index in [0.29, 0.717) is 30.5 Å². The van der Waals surface area contributed by atoms with Gasteiger partial charge in [-0.1, -0.05) is 23.7 Å². The lowest BCUT2D eigenvalue weighted by Gasteiger charge is -2.10. The molecule has 0 fully saturated rings. The Morgan fingerprint density at radius 1 is 1.16 bits per heavy atom. The molecule has 0 atom stereocenters. The topological polar surface area (TPSA) is 71.3 Å². The van der Waals surface area contributed by atoms with Crippen LogP contribution in [0.1, 0.15) is 17.5 Å². The van der Waals surface area contributed by atoms with E-state index in [-0.39, 0.29) is 12.3 Å². The monoisotopic (exact) mass is 358 g/mol. The predicted octanol–water partition coefficient (Wildman–Crippen LogP) is 3.64. The molecule has 2 aromatic rings. The number of carbonyl (C=O) groups excluding carboxylic acids is 1. The van der Waals surface area contributed by atoms with Crippen molar-refractivity contribution in [1.29, 1.82) is 5.26 Å². The third-order valence-corrected chi connectivity index (χ3v) is 3.80. The molecule has 0 saturated carbocycles. The minimum atomic E-state index is -0.291. The number of benzene rings is 2. The first kappa shape index (κ1) is 18.6. The van der Waals surface area contributed by atoms with Gasteiger partial charge in [0.05, 0.1) is 6.07 Å². The first-order chi connectivity index (χ1) is 12.1. The highest BCUT2D eigenvalue weighted by Gasteiger charge is 2.02. The molecule has 0 aliphatic rings. The van der Waals surface area contributed by atoms with Crippen LogP contribution in [0.2, 0.25) is 5.02 Å². The minimum Gasteiger partial charge on any atom is -0.490 e. The van der Waals surface area contributed by atoms with Crippen molar-refractivity contribution in [1.82, 2.24) is 5.32 Å². The number of nitriles is 1. The van der Waals surface area contributed by atoms with Gasteiger partial charge in [0.2, 0.25) is 5.91 Å². The van der Waals surface area contributed by atoms with Crippen LogP contribution >= 0.6 is 11.6 Å². The molecule has 130 valence electrons. The van der Waals surface area contributed by atoms with Crippen LogP contribution < -0.4 is 14.8 Å². The molecule has 25 heavy (non-hydrogen) atoms. The molecule has 0 bridgehead atoms. The SMILES string of the molecule is Cc1cc(OCCOc2cccc(CNC(=O)CC#N)c2)ccc1Cl. The molecule has 2 rings (SSSR count). The average molecular weight is 359 g/mol. The zero-order chi connectivity index (χ0) is 18.1. The van der Waals surface area contributed by atoms with Crippen LogP contribution in [0.4, 0.5) is 0 Å². The molecule has 0 aliphatic carbocycles. The molecule has 0 aliphatic heterocycles. The van der Waals surface area contributed by atoms with Crippen molar-refractivity contribution in [2.24, 2.45) is 0 Å². The summed E-state index contributed by atoms with van der Waals surface area (Å²) in [5.41, 5.74) is 1.87. The fraction of sp³-hybridized carbons (Fsp3) is 0.263. The first-order valence-electron chi connectivity index (χ1n) is 7.83. The molecule has 1 N–H and O–H groups in total. The zero-order valence-corrected chi connectivity index (χ0v) is 14.7. The lowest BCUT2D eigenvalue weighted by Crippen LogP contribution is -2.21. The Balaban J connectivity index is 1.77. The number of nitrogens with one attached hydrogen (secondary N) is 1. The van der Waals surface area contributed by atoms with E-state index in [9.17, 15) is 4.79 Å². The van der Waals surface area contributed by atoms with Gasteiger partial charge >= 0.3 is 0 Å². The molecule has 6 heteroatoms. The van der Waals surface area contributed by atoms with Crippen molar-refractivity contribution in [2.45, 2.75) is 19.9 Å². The number of halogens is 1. The standard InChI is InChI=1S/C19H19ClN2O3/c1-14-11-17(5-6-18(14)20)25-10-9-24-16-4-2-3-15(12-16)13-22-19(23)7-8-21/h2-6,11-12H,7,9-10,13H2,1H3,(H,22,23). The Kier molecular flexibility index (Phi) is 7.12. The van der Waals surface area contributed by atoms with E-state index >= 15 is 0 Å². The molecule has 0 saturated heterocycles. The van der Waals surface area contributed by atoms with Crippen LogP contribution in [0.15, 0.2) is 42.5 Å². The molecule has 0 aromatic heterocycles. The van der Waals surface area contributed by atoms with Gasteiger partial charge in [0.15, 0.2) is 0 Å². The Morgan fingerprint density at radius 3 is 2.56 bits per heavy atom. The minimum absolute atomic E-state index is 0.141. The van der Waals surface area contributed by atoms with Gasteiger partial charge in [-0.2, -0.15) is 5.26 Å². The lowest BCUT2D eigenvalue weighted by molar-refractivity contribution is -0.120. The summed E-state index contributed by atoms with van der Waals surface area (Å²) in [5, 5.41) is 11.8. The van der Waals surface area contributed by atoms with E-state index in [4.69, 9.17) is 26.3 Å². The summed E-state index contributed by atoms with van der Waals surface area (Å²) in [6.45, 7) is 3.08. The molecule has 1 amide bonds. The Hall–Kier alpha value is -2.71. The fourth-order valence-corrected chi connectivity index (χ4v) is 2.22. The highest BCUT2D eigenvalue weighted by molar-refractivity contribution is 6.31. The largest absolute Gasteiger partial charge is 0.490 e. The third-order valence-electron chi connectivity index (χ3n) is 3.38. The van der Waals surface area contributed by atoms with E-state index < -0.39 is 0 Å². The highest BCUT2D eigenvalue weighted by Crippen LogP contribution is 2.21. The zero-order valence-electron chi connectivity index (χ0n) is 13.9. The molecule has 5 nitrogen and oxygen atoms in total. The Morgan fingerprint density at radius 2 is 1.88 bits per heavy atom. The maximum atomic E-state index is 11.3. The van der Waals surface area contributed by atoms with Crippen LogP contribution in [-0.2, 0) is 11.3 Å². The lowest BCUT2D eigenvalue weighted by atomic mass is 10.2. The maximum absolute atomic E-state index is 11.3. The van der Waals surface area contributed by atoms with Gasteiger partial charge in [-0.25, -0.2) is 0 Å². The van der Waals surface area contributed by atoms with Crippen molar-refractivity contribution in [3.8, 4) is 17.6 Å². The smallest absolute Gasteiger partial charge is 0.234 e. The number of aryl methyl sites for hydroxylation is 1. The summed E-state index contributed by atoms with van der Waals surface area (Å²) in [6, 6.07) is 14.7. The maximum Gasteiger partial charge on any atom is 0.234 e. The number of ether oxygens (including phenoxy) is 2. The van der Waals surface area contributed by atoms with Crippen LogP contribution in [0.3, 0.4) is 0 Å². The van der Waals surface area contributed by atoms with Gasteiger partial charge in [-0.3, -0.25) is 4.79 Å². The second-order valence-corrected chi connectivity index (χ2v) is 5.77. The fourth-order valence-electron chi connectivity index (χ4n) is 2.11. The second kappa shape index (κ2) is 9.55. The van der Waals surface area contributed by atoms with Crippen molar-refractivity contribution in [3.63, 3.8) is 0 Å². The number of hydrogen-bond acceptors (Lipinski definition) is 4. The van der Waals surface area contributed by atoms with Crippen LogP contribution in [-0.4, -0.2) is 19.1 Å². The predicted molar refractivity (Wildman–Crippen MR) is 95.7 cm³/mol. The molecular formula is C19H19ClN2O3. The third kappa shape index (κ3) is 6.36. The van der Waals surface area contributed by atoms with Crippen LogP contribution in [0.5, 0.6) is 11.5 Å². The van der Waals surface area contributed by atoms with E-state index in [0.717, 1.165) is 16.9 Å². The quantitative estimate of drug-likeness (QED) is 0.731. The molecular weight excluding hydrogens is 340 g/mol. The number of rotatable bonds is 8. The summed E-state index contributed by atoms with van der Waals surface area (Å²) in [6.07, 6.45) is -0.141. The molecule has 2 aromatic carbocycles. The molecule has 0 unspecified atom stereocenters. The van der Waals surface area contributed by atoms with Crippen molar-refractivity contribution in [2.75, 3.05) is 13.2 Å². The van der Waals surface area contributed by atoms with E-state index in [1.807, 2.05) is 49.4 Å². The van der Waals surface area contributed by atoms with Crippen molar-refractivity contribution < 1.29 is 14.3 Å². The number of nitrogens with zero attached hydrogens (tertiary/aromatic N) is 1.